The average molecular weight is 318 g/mol. The normalized spacial score (nSPS) is 10.5. The molecule has 1 heterocycles. The zero-order valence-electron chi connectivity index (χ0n) is 12.6. The molecule has 1 aromatic heterocycles. The van der Waals surface area contributed by atoms with Crippen LogP contribution >= 0.6 is 11.8 Å². The third-order valence-corrected chi connectivity index (χ3v) is 3.97. The predicted octanol–water partition coefficient (Wildman–Crippen LogP) is 2.48. The van der Waals surface area contributed by atoms with E-state index in [0.29, 0.717) is 22.8 Å². The summed E-state index contributed by atoms with van der Waals surface area (Å²) in [5.74, 6) is -0.227. The molecule has 2 aromatic rings. The molecule has 0 radical (unpaired) electrons. The molecular weight excluding hydrogens is 300 g/mol. The average Bonchev–Trinajstić information content (AvgIpc) is 2.52. The van der Waals surface area contributed by atoms with Crippen molar-refractivity contribution in [1.82, 2.24) is 9.97 Å². The number of esters is 1. The summed E-state index contributed by atoms with van der Waals surface area (Å²) in [7, 11) is 0. The smallest absolute Gasteiger partial charge is 0.316 e. The lowest BCUT2D eigenvalue weighted by atomic mass is 10.2. The molecule has 6 heteroatoms. The molecule has 0 amide bonds. The van der Waals surface area contributed by atoms with Crippen molar-refractivity contribution in [2.24, 2.45) is 0 Å². The van der Waals surface area contributed by atoms with Crippen LogP contribution < -0.4 is 5.56 Å². The number of aromatic nitrogens is 2. The molecule has 0 aliphatic carbocycles. The summed E-state index contributed by atoms with van der Waals surface area (Å²) in [6, 6.07) is 9.49. The highest BCUT2D eigenvalue weighted by Gasteiger charge is 2.09. The molecule has 0 aliphatic heterocycles. The minimum absolute atomic E-state index is 0.112. The molecule has 0 saturated carbocycles. The number of hydrogen-bond donors (Lipinski definition) is 1. The Morgan fingerprint density at radius 3 is 2.68 bits per heavy atom. The zero-order valence-corrected chi connectivity index (χ0v) is 13.4. The Morgan fingerprint density at radius 2 is 2.05 bits per heavy atom. The molecule has 1 N–H and O–H groups in total. The van der Waals surface area contributed by atoms with Gasteiger partial charge in [0, 0.05) is 11.3 Å². The van der Waals surface area contributed by atoms with Gasteiger partial charge < -0.3 is 9.72 Å². The van der Waals surface area contributed by atoms with Crippen molar-refractivity contribution in [2.45, 2.75) is 32.0 Å². The Hall–Kier alpha value is -2.08. The number of thioether (sulfide) groups is 1. The lowest BCUT2D eigenvalue weighted by Crippen LogP contribution is -2.17. The number of aromatic amines is 1. The van der Waals surface area contributed by atoms with E-state index >= 15 is 0 Å². The number of hydrogen-bond acceptors (Lipinski definition) is 5. The highest BCUT2D eigenvalue weighted by molar-refractivity contribution is 7.99. The monoisotopic (exact) mass is 318 g/mol. The maximum Gasteiger partial charge on any atom is 0.316 e. The number of carbonyl (C=O) groups excluding carboxylic acids is 1. The van der Waals surface area contributed by atoms with Crippen LogP contribution in [0.1, 0.15) is 23.7 Å². The Morgan fingerprint density at radius 1 is 1.32 bits per heavy atom. The lowest BCUT2D eigenvalue weighted by Gasteiger charge is -2.06. The maximum atomic E-state index is 11.8. The number of ether oxygens (including phenoxy) is 1. The minimum atomic E-state index is -0.339. The van der Waals surface area contributed by atoms with Gasteiger partial charge in [-0.1, -0.05) is 49.0 Å². The van der Waals surface area contributed by atoms with Crippen molar-refractivity contribution >= 4 is 17.7 Å². The molecular formula is C16H18N2O3S. The highest BCUT2D eigenvalue weighted by Crippen LogP contribution is 2.13. The summed E-state index contributed by atoms with van der Waals surface area (Å²) in [5, 5.41) is 0.441. The molecule has 1 aromatic carbocycles. The Labute approximate surface area is 133 Å². The highest BCUT2D eigenvalue weighted by atomic mass is 32.2. The molecule has 5 nitrogen and oxygen atoms in total. The second kappa shape index (κ2) is 7.79. The van der Waals surface area contributed by atoms with Crippen LogP contribution in [-0.2, 0) is 22.6 Å². The van der Waals surface area contributed by atoms with E-state index < -0.39 is 0 Å². The number of nitrogens with one attached hydrogen (secondary N) is 1. The lowest BCUT2D eigenvalue weighted by molar-refractivity contribution is -0.141. The quantitative estimate of drug-likeness (QED) is 0.503. The Balaban J connectivity index is 1.87. The minimum Gasteiger partial charge on any atom is -0.460 e. The number of aryl methyl sites for hydroxylation is 1. The van der Waals surface area contributed by atoms with Crippen molar-refractivity contribution < 1.29 is 9.53 Å². The van der Waals surface area contributed by atoms with Crippen LogP contribution in [0.3, 0.4) is 0 Å². The number of nitrogens with zero attached hydrogens (tertiary/aromatic N) is 1. The first-order valence-corrected chi connectivity index (χ1v) is 8.01. The van der Waals surface area contributed by atoms with Gasteiger partial charge in [0.05, 0.1) is 5.75 Å². The van der Waals surface area contributed by atoms with Crippen LogP contribution in [0.25, 0.3) is 0 Å². The van der Waals surface area contributed by atoms with E-state index in [1.54, 1.807) is 6.92 Å². The van der Waals surface area contributed by atoms with Crippen LogP contribution in [0.15, 0.2) is 40.3 Å². The standard InChI is InChI=1S/C16H18N2O3S/c1-3-13-11(2)17-16(18-15(13)20)22-10-14(19)21-9-12-7-5-4-6-8-12/h4-8H,3,9-10H2,1-2H3,(H,17,18,20). The van der Waals surface area contributed by atoms with Crippen molar-refractivity contribution in [2.75, 3.05) is 5.75 Å². The van der Waals surface area contributed by atoms with Gasteiger partial charge in [0.1, 0.15) is 6.61 Å². The van der Waals surface area contributed by atoms with Gasteiger partial charge in [-0.3, -0.25) is 9.59 Å². The molecule has 0 unspecified atom stereocenters. The number of benzene rings is 1. The Kier molecular flexibility index (Phi) is 5.77. The third-order valence-electron chi connectivity index (χ3n) is 3.12. The van der Waals surface area contributed by atoms with E-state index in [-0.39, 0.29) is 23.9 Å². The van der Waals surface area contributed by atoms with E-state index in [1.807, 2.05) is 37.3 Å². The second-order valence-electron chi connectivity index (χ2n) is 4.72. The zero-order chi connectivity index (χ0) is 15.9. The summed E-state index contributed by atoms with van der Waals surface area (Å²) in [6.07, 6.45) is 0.637. The van der Waals surface area contributed by atoms with Gasteiger partial charge in [-0.15, -0.1) is 0 Å². The van der Waals surface area contributed by atoms with Crippen LogP contribution in [0.2, 0.25) is 0 Å². The van der Waals surface area contributed by atoms with Gasteiger partial charge in [-0.05, 0) is 18.9 Å². The van der Waals surface area contributed by atoms with E-state index in [4.69, 9.17) is 4.74 Å². The predicted molar refractivity (Wildman–Crippen MR) is 85.9 cm³/mol. The van der Waals surface area contributed by atoms with Gasteiger partial charge in [-0.25, -0.2) is 4.98 Å². The first kappa shape index (κ1) is 16.3. The molecule has 22 heavy (non-hydrogen) atoms. The van der Waals surface area contributed by atoms with Crippen molar-refractivity contribution in [3.63, 3.8) is 0 Å². The summed E-state index contributed by atoms with van der Waals surface area (Å²) in [4.78, 5) is 30.5. The largest absolute Gasteiger partial charge is 0.460 e. The van der Waals surface area contributed by atoms with E-state index in [0.717, 1.165) is 5.56 Å². The third kappa shape index (κ3) is 4.46. The second-order valence-corrected chi connectivity index (χ2v) is 5.69. The fourth-order valence-corrected chi connectivity index (χ4v) is 2.68. The Bertz CT molecular complexity index is 698. The maximum absolute atomic E-state index is 11.8. The van der Waals surface area contributed by atoms with Gasteiger partial charge in [-0.2, -0.15) is 0 Å². The molecule has 0 saturated heterocycles. The van der Waals surface area contributed by atoms with E-state index in [1.165, 1.54) is 11.8 Å². The number of H-pyrrole nitrogens is 1. The SMILES string of the molecule is CCc1c(C)nc(SCC(=O)OCc2ccccc2)[nH]c1=O. The van der Waals surface area contributed by atoms with Crippen LogP contribution in [0.5, 0.6) is 0 Å². The van der Waals surface area contributed by atoms with Gasteiger partial charge in [0.25, 0.3) is 5.56 Å². The molecule has 0 spiro atoms. The van der Waals surface area contributed by atoms with E-state index in [9.17, 15) is 9.59 Å². The van der Waals surface area contributed by atoms with Crippen LogP contribution in [0.4, 0.5) is 0 Å². The number of rotatable bonds is 6. The van der Waals surface area contributed by atoms with Gasteiger partial charge >= 0.3 is 5.97 Å². The topological polar surface area (TPSA) is 72.0 Å². The summed E-state index contributed by atoms with van der Waals surface area (Å²) < 4.78 is 5.18. The van der Waals surface area contributed by atoms with Crippen molar-refractivity contribution in [3.8, 4) is 0 Å². The number of carbonyl (C=O) groups is 1. The van der Waals surface area contributed by atoms with Crippen molar-refractivity contribution in [3.05, 3.63) is 57.5 Å². The summed E-state index contributed by atoms with van der Waals surface area (Å²) in [5.41, 5.74) is 2.17. The molecule has 0 aliphatic rings. The molecule has 0 bridgehead atoms. The fourth-order valence-electron chi connectivity index (χ4n) is 1.98. The fraction of sp³-hybridized carbons (Fsp3) is 0.312. The first-order chi connectivity index (χ1) is 10.6. The van der Waals surface area contributed by atoms with Crippen molar-refractivity contribution in [1.29, 1.82) is 0 Å². The summed E-state index contributed by atoms with van der Waals surface area (Å²) >= 11 is 1.17. The van der Waals surface area contributed by atoms with E-state index in [2.05, 4.69) is 9.97 Å². The molecule has 2 rings (SSSR count). The molecule has 0 atom stereocenters. The van der Waals surface area contributed by atoms with Gasteiger partial charge in [0.15, 0.2) is 5.16 Å². The molecule has 0 fully saturated rings. The van der Waals surface area contributed by atoms with Crippen LogP contribution in [-0.4, -0.2) is 21.7 Å². The van der Waals surface area contributed by atoms with Crippen LogP contribution in [0, 0.1) is 6.92 Å². The first-order valence-electron chi connectivity index (χ1n) is 7.02. The van der Waals surface area contributed by atoms with Gasteiger partial charge in [0.2, 0.25) is 0 Å². The molecule has 116 valence electrons. The summed E-state index contributed by atoms with van der Waals surface area (Å²) in [6.45, 7) is 3.96.